The van der Waals surface area contributed by atoms with Crippen LogP contribution in [0, 0.1) is 11.7 Å². The molecule has 0 amide bonds. The normalized spacial score (nSPS) is 23.8. The smallest absolute Gasteiger partial charge is 0.165 e. The molecule has 0 bridgehead atoms. The van der Waals surface area contributed by atoms with Gasteiger partial charge >= 0.3 is 0 Å². The largest absolute Gasteiger partial charge is 0.487 e. The average Bonchev–Trinajstić information content (AvgIpc) is 2.49. The van der Waals surface area contributed by atoms with Crippen LogP contribution in [0.3, 0.4) is 0 Å². The lowest BCUT2D eigenvalue weighted by Gasteiger charge is -2.27. The molecule has 0 aliphatic heterocycles. The highest BCUT2D eigenvalue weighted by molar-refractivity contribution is 5.31. The summed E-state index contributed by atoms with van der Waals surface area (Å²) in [6.07, 6.45) is 5.70. The van der Waals surface area contributed by atoms with Crippen molar-refractivity contribution < 1.29 is 9.13 Å². The molecular formula is C18H28FNO. The Morgan fingerprint density at radius 2 is 2.00 bits per heavy atom. The molecule has 0 spiro atoms. The van der Waals surface area contributed by atoms with Crippen molar-refractivity contribution in [3.63, 3.8) is 0 Å². The third-order valence-electron chi connectivity index (χ3n) is 4.41. The quantitative estimate of drug-likeness (QED) is 0.810. The summed E-state index contributed by atoms with van der Waals surface area (Å²) in [6, 6.07) is 5.53. The van der Waals surface area contributed by atoms with E-state index < -0.39 is 0 Å². The topological polar surface area (TPSA) is 21.3 Å². The third kappa shape index (κ3) is 4.70. The van der Waals surface area contributed by atoms with Crippen LogP contribution >= 0.6 is 0 Å². The molecule has 3 heteroatoms. The summed E-state index contributed by atoms with van der Waals surface area (Å²) >= 11 is 0. The molecule has 1 N–H and O–H groups in total. The summed E-state index contributed by atoms with van der Waals surface area (Å²) in [6.45, 7) is 7.41. The molecule has 0 radical (unpaired) electrons. The summed E-state index contributed by atoms with van der Waals surface area (Å²) < 4.78 is 20.1. The Balaban J connectivity index is 1.95. The van der Waals surface area contributed by atoms with Crippen molar-refractivity contribution in [1.82, 2.24) is 5.32 Å². The standard InChI is InChI=1S/C18H28FNO/c1-4-11-20-14(3)15-7-10-18(17(19)12-15)21-16-8-5-13(2)6-9-16/h7,10,12-14,16,20H,4-6,8-9,11H2,1-3H3. The van der Waals surface area contributed by atoms with Gasteiger partial charge in [-0.3, -0.25) is 0 Å². The van der Waals surface area contributed by atoms with E-state index in [1.807, 2.05) is 6.07 Å². The number of hydrogen-bond donors (Lipinski definition) is 1. The second-order valence-corrected chi connectivity index (χ2v) is 6.37. The molecule has 118 valence electrons. The Morgan fingerprint density at radius 1 is 1.29 bits per heavy atom. The van der Waals surface area contributed by atoms with E-state index in [2.05, 4.69) is 26.1 Å². The molecule has 21 heavy (non-hydrogen) atoms. The minimum absolute atomic E-state index is 0.170. The summed E-state index contributed by atoms with van der Waals surface area (Å²) in [5, 5.41) is 3.37. The molecule has 1 atom stereocenters. The number of nitrogens with one attached hydrogen (secondary N) is 1. The summed E-state index contributed by atoms with van der Waals surface area (Å²) in [5.41, 5.74) is 0.977. The number of hydrogen-bond acceptors (Lipinski definition) is 2. The van der Waals surface area contributed by atoms with Gasteiger partial charge in [-0.25, -0.2) is 4.39 Å². The maximum Gasteiger partial charge on any atom is 0.165 e. The van der Waals surface area contributed by atoms with E-state index >= 15 is 0 Å². The van der Waals surface area contributed by atoms with Crippen LogP contribution in [0.2, 0.25) is 0 Å². The lowest BCUT2D eigenvalue weighted by atomic mass is 9.89. The molecule has 2 nitrogen and oxygen atoms in total. The van der Waals surface area contributed by atoms with Crippen LogP contribution in [0.5, 0.6) is 5.75 Å². The van der Waals surface area contributed by atoms with Gasteiger partial charge in [0.05, 0.1) is 6.10 Å². The highest BCUT2D eigenvalue weighted by atomic mass is 19.1. The van der Waals surface area contributed by atoms with Crippen LogP contribution in [0.15, 0.2) is 18.2 Å². The van der Waals surface area contributed by atoms with Gasteiger partial charge in [-0.15, -0.1) is 0 Å². The van der Waals surface area contributed by atoms with Gasteiger partial charge in [0.2, 0.25) is 0 Å². The van der Waals surface area contributed by atoms with Crippen molar-refractivity contribution in [2.75, 3.05) is 6.54 Å². The molecule has 0 heterocycles. The molecule has 1 aliphatic rings. The first-order valence-electron chi connectivity index (χ1n) is 8.29. The highest BCUT2D eigenvalue weighted by Gasteiger charge is 2.21. The van der Waals surface area contributed by atoms with Crippen LogP contribution in [-0.2, 0) is 0 Å². The molecule has 0 aromatic heterocycles. The van der Waals surface area contributed by atoms with Gasteiger partial charge in [0.1, 0.15) is 0 Å². The monoisotopic (exact) mass is 293 g/mol. The van der Waals surface area contributed by atoms with E-state index in [9.17, 15) is 4.39 Å². The molecule has 1 aromatic rings. The predicted molar refractivity (Wildman–Crippen MR) is 85.2 cm³/mol. The van der Waals surface area contributed by atoms with Gasteiger partial charge < -0.3 is 10.1 Å². The number of halogens is 1. The van der Waals surface area contributed by atoms with Gasteiger partial charge in [-0.2, -0.15) is 0 Å². The molecule has 1 fully saturated rings. The predicted octanol–water partition coefficient (Wildman–Crippen LogP) is 4.84. The Kier molecular flexibility index (Phi) is 6.04. The minimum Gasteiger partial charge on any atom is -0.487 e. The van der Waals surface area contributed by atoms with Crippen molar-refractivity contribution in [3.05, 3.63) is 29.6 Å². The van der Waals surface area contributed by atoms with E-state index in [1.165, 1.54) is 12.8 Å². The average molecular weight is 293 g/mol. The zero-order valence-electron chi connectivity index (χ0n) is 13.5. The molecule has 1 aromatic carbocycles. The van der Waals surface area contributed by atoms with Gasteiger partial charge in [0.15, 0.2) is 11.6 Å². The molecule has 1 unspecified atom stereocenters. The van der Waals surface area contributed by atoms with E-state index in [4.69, 9.17) is 4.74 Å². The number of benzene rings is 1. The zero-order valence-corrected chi connectivity index (χ0v) is 13.5. The maximum atomic E-state index is 14.2. The van der Waals surface area contributed by atoms with Crippen molar-refractivity contribution in [2.45, 2.75) is 65.0 Å². The first kappa shape index (κ1) is 16.3. The lowest BCUT2D eigenvalue weighted by Crippen LogP contribution is -2.23. The first-order chi connectivity index (χ1) is 10.1. The molecule has 2 rings (SSSR count). The van der Waals surface area contributed by atoms with Crippen LogP contribution < -0.4 is 10.1 Å². The van der Waals surface area contributed by atoms with Crippen LogP contribution in [0.4, 0.5) is 4.39 Å². The van der Waals surface area contributed by atoms with E-state index in [0.717, 1.165) is 37.3 Å². The van der Waals surface area contributed by atoms with E-state index in [0.29, 0.717) is 5.75 Å². The van der Waals surface area contributed by atoms with Crippen molar-refractivity contribution in [2.24, 2.45) is 5.92 Å². The van der Waals surface area contributed by atoms with E-state index in [1.54, 1.807) is 12.1 Å². The Hall–Kier alpha value is -1.09. The molecule has 1 saturated carbocycles. The Morgan fingerprint density at radius 3 is 2.62 bits per heavy atom. The Bertz CT molecular complexity index is 441. The SMILES string of the molecule is CCCNC(C)c1ccc(OC2CCC(C)CC2)c(F)c1. The lowest BCUT2D eigenvalue weighted by molar-refractivity contribution is 0.130. The third-order valence-corrected chi connectivity index (χ3v) is 4.41. The fourth-order valence-electron chi connectivity index (χ4n) is 2.89. The van der Waals surface area contributed by atoms with Gasteiger partial charge in [-0.1, -0.05) is 19.9 Å². The maximum absolute atomic E-state index is 14.2. The molecule has 1 aliphatic carbocycles. The van der Waals surface area contributed by atoms with Crippen molar-refractivity contribution >= 4 is 0 Å². The fourth-order valence-corrected chi connectivity index (χ4v) is 2.89. The second kappa shape index (κ2) is 7.79. The van der Waals surface area contributed by atoms with E-state index in [-0.39, 0.29) is 18.0 Å². The van der Waals surface area contributed by atoms with Crippen molar-refractivity contribution in [1.29, 1.82) is 0 Å². The summed E-state index contributed by atoms with van der Waals surface area (Å²) in [7, 11) is 0. The molecular weight excluding hydrogens is 265 g/mol. The minimum atomic E-state index is -0.240. The summed E-state index contributed by atoms with van der Waals surface area (Å²) in [4.78, 5) is 0. The number of ether oxygens (including phenoxy) is 1. The fraction of sp³-hybridized carbons (Fsp3) is 0.667. The van der Waals surface area contributed by atoms with Crippen molar-refractivity contribution in [3.8, 4) is 5.75 Å². The zero-order chi connectivity index (χ0) is 15.2. The molecule has 0 saturated heterocycles. The number of rotatable bonds is 6. The summed E-state index contributed by atoms with van der Waals surface area (Å²) in [5.74, 6) is 0.944. The van der Waals surface area contributed by atoms with Crippen LogP contribution in [0.25, 0.3) is 0 Å². The van der Waals surface area contributed by atoms with Crippen LogP contribution in [0.1, 0.15) is 64.5 Å². The van der Waals surface area contributed by atoms with Crippen LogP contribution in [-0.4, -0.2) is 12.6 Å². The second-order valence-electron chi connectivity index (χ2n) is 6.37. The Labute approximate surface area is 128 Å². The highest BCUT2D eigenvalue weighted by Crippen LogP contribution is 2.29. The van der Waals surface area contributed by atoms with Gasteiger partial charge in [0, 0.05) is 6.04 Å². The van der Waals surface area contributed by atoms with Gasteiger partial charge in [-0.05, 0) is 69.2 Å². The first-order valence-corrected chi connectivity index (χ1v) is 8.29. The van der Waals surface area contributed by atoms with Gasteiger partial charge in [0.25, 0.3) is 0 Å².